The van der Waals surface area contributed by atoms with Gasteiger partial charge in [-0.15, -0.1) is 0 Å². The summed E-state index contributed by atoms with van der Waals surface area (Å²) in [4.78, 5) is 12.2. The van der Waals surface area contributed by atoms with Crippen molar-refractivity contribution in [2.75, 3.05) is 0 Å². The fraction of sp³-hybridized carbons (Fsp3) is 0.286. The Hall–Kier alpha value is -2.26. The van der Waals surface area contributed by atoms with E-state index in [-0.39, 0.29) is 12.6 Å². The molecule has 1 amide bonds. The lowest BCUT2D eigenvalue weighted by atomic mass is 10.1. The number of benzene rings is 2. The molecule has 0 unspecified atom stereocenters. The van der Waals surface area contributed by atoms with Crippen LogP contribution in [0.3, 0.4) is 0 Å². The Morgan fingerprint density at radius 1 is 1.16 bits per heavy atom. The van der Waals surface area contributed by atoms with Crippen molar-refractivity contribution < 1.29 is 9.53 Å². The summed E-state index contributed by atoms with van der Waals surface area (Å²) in [5.74, 6) is 0. The molecule has 2 rings (SSSR count). The summed E-state index contributed by atoms with van der Waals surface area (Å²) in [5.41, 5.74) is 1.80. The highest BCUT2D eigenvalue weighted by atomic mass is 35.5. The number of ether oxygens (including phenoxy) is 1. The predicted octanol–water partition coefficient (Wildman–Crippen LogP) is 6.05. The van der Waals surface area contributed by atoms with E-state index in [4.69, 9.17) is 16.3 Å². The van der Waals surface area contributed by atoms with Crippen molar-refractivity contribution in [2.45, 2.75) is 38.8 Å². The Morgan fingerprint density at radius 2 is 1.88 bits per heavy atom. The van der Waals surface area contributed by atoms with Crippen molar-refractivity contribution in [3.8, 4) is 0 Å². The van der Waals surface area contributed by atoms with E-state index in [9.17, 15) is 4.79 Å². The molecule has 1 atom stereocenters. The first-order valence-corrected chi connectivity index (χ1v) is 8.96. The lowest BCUT2D eigenvalue weighted by molar-refractivity contribution is 0.137. The monoisotopic (exact) mass is 357 g/mol. The Kier molecular flexibility index (Phi) is 8.06. The fourth-order valence-corrected chi connectivity index (χ4v) is 2.57. The molecular formula is C21H24ClNO2. The summed E-state index contributed by atoms with van der Waals surface area (Å²) >= 11 is 6.08. The van der Waals surface area contributed by atoms with Crippen LogP contribution in [0.1, 0.15) is 43.4 Å². The number of carbonyl (C=O) groups is 1. The second-order valence-corrected chi connectivity index (χ2v) is 6.18. The number of alkyl carbamates (subject to hydrolysis) is 1. The number of carbonyl (C=O) groups excluding carboxylic acids is 1. The van der Waals surface area contributed by atoms with Crippen molar-refractivity contribution in [1.82, 2.24) is 5.32 Å². The molecular weight excluding hydrogens is 334 g/mol. The number of hydrogen-bond acceptors (Lipinski definition) is 2. The van der Waals surface area contributed by atoms with E-state index >= 15 is 0 Å². The van der Waals surface area contributed by atoms with Crippen LogP contribution in [0.15, 0.2) is 66.7 Å². The lowest BCUT2D eigenvalue weighted by Gasteiger charge is -2.16. The fourth-order valence-electron chi connectivity index (χ4n) is 2.38. The summed E-state index contributed by atoms with van der Waals surface area (Å²) in [6.45, 7) is 2.30. The topological polar surface area (TPSA) is 38.3 Å². The molecule has 25 heavy (non-hydrogen) atoms. The van der Waals surface area contributed by atoms with E-state index in [2.05, 4.69) is 18.3 Å². The molecule has 0 aliphatic heterocycles. The van der Waals surface area contributed by atoms with Gasteiger partial charge >= 0.3 is 6.09 Å². The molecule has 0 spiro atoms. The molecule has 0 fully saturated rings. The van der Waals surface area contributed by atoms with Crippen LogP contribution in [0.2, 0.25) is 5.02 Å². The maximum Gasteiger partial charge on any atom is 0.408 e. The van der Waals surface area contributed by atoms with Gasteiger partial charge in [-0.3, -0.25) is 0 Å². The van der Waals surface area contributed by atoms with Crippen molar-refractivity contribution in [3.63, 3.8) is 0 Å². The van der Waals surface area contributed by atoms with Gasteiger partial charge in [0.05, 0.1) is 6.04 Å². The SMILES string of the molecule is CCCCC=C[C@@H](NC(=O)OCc1ccccc1Cl)c1ccccc1. The summed E-state index contributed by atoms with van der Waals surface area (Å²) in [5, 5.41) is 3.50. The quantitative estimate of drug-likeness (QED) is 0.461. The zero-order chi connectivity index (χ0) is 17.9. The summed E-state index contributed by atoms with van der Waals surface area (Å²) in [6.07, 6.45) is 6.93. The highest BCUT2D eigenvalue weighted by molar-refractivity contribution is 6.31. The summed E-state index contributed by atoms with van der Waals surface area (Å²) in [6, 6.07) is 17.0. The third-order valence-electron chi connectivity index (χ3n) is 3.80. The van der Waals surface area contributed by atoms with Gasteiger partial charge in [-0.05, 0) is 18.1 Å². The number of amides is 1. The molecule has 0 bridgehead atoms. The van der Waals surface area contributed by atoms with E-state index in [1.165, 1.54) is 0 Å². The first-order valence-electron chi connectivity index (χ1n) is 8.59. The number of hydrogen-bond donors (Lipinski definition) is 1. The van der Waals surface area contributed by atoms with Gasteiger partial charge in [-0.25, -0.2) is 4.79 Å². The molecule has 3 nitrogen and oxygen atoms in total. The normalized spacial score (nSPS) is 12.1. The average Bonchev–Trinajstić information content (AvgIpc) is 2.64. The van der Waals surface area contributed by atoms with Crippen LogP contribution in [0.5, 0.6) is 0 Å². The molecule has 0 aromatic heterocycles. The number of allylic oxidation sites excluding steroid dienone is 1. The number of unbranched alkanes of at least 4 members (excludes halogenated alkanes) is 2. The first-order chi connectivity index (χ1) is 12.2. The van der Waals surface area contributed by atoms with Crippen LogP contribution in [0.4, 0.5) is 4.79 Å². The standard InChI is InChI=1S/C21H24ClNO2/c1-2-3-4-8-15-20(17-11-6-5-7-12-17)23-21(24)25-16-18-13-9-10-14-19(18)22/h5-15,20H,2-4,16H2,1H3,(H,23,24)/t20-/m1/s1. The van der Waals surface area contributed by atoms with Crippen LogP contribution in [0.25, 0.3) is 0 Å². The molecule has 4 heteroatoms. The third kappa shape index (κ3) is 6.63. The molecule has 0 aliphatic carbocycles. The van der Waals surface area contributed by atoms with Gasteiger partial charge in [0.2, 0.25) is 0 Å². The maximum atomic E-state index is 12.2. The lowest BCUT2D eigenvalue weighted by Crippen LogP contribution is -2.28. The highest BCUT2D eigenvalue weighted by Crippen LogP contribution is 2.17. The maximum absolute atomic E-state index is 12.2. The molecule has 0 heterocycles. The van der Waals surface area contributed by atoms with Crippen molar-refractivity contribution in [2.24, 2.45) is 0 Å². The van der Waals surface area contributed by atoms with Crippen LogP contribution in [-0.2, 0) is 11.3 Å². The van der Waals surface area contributed by atoms with Gasteiger partial charge in [-0.1, -0.05) is 92.0 Å². The van der Waals surface area contributed by atoms with Crippen LogP contribution < -0.4 is 5.32 Å². The van der Waals surface area contributed by atoms with Gasteiger partial charge in [0.1, 0.15) is 6.61 Å². The Bertz CT molecular complexity index is 685. The summed E-state index contributed by atoms with van der Waals surface area (Å²) < 4.78 is 5.32. The van der Waals surface area contributed by atoms with E-state index in [0.717, 1.165) is 30.4 Å². The van der Waals surface area contributed by atoms with E-state index < -0.39 is 6.09 Å². The van der Waals surface area contributed by atoms with Crippen LogP contribution in [0, 0.1) is 0 Å². The first kappa shape index (κ1) is 19.1. The minimum absolute atomic E-state index is 0.145. The Morgan fingerprint density at radius 3 is 2.60 bits per heavy atom. The molecule has 132 valence electrons. The molecule has 0 radical (unpaired) electrons. The second-order valence-electron chi connectivity index (χ2n) is 5.77. The number of nitrogens with one attached hydrogen (secondary N) is 1. The van der Waals surface area contributed by atoms with Crippen molar-refractivity contribution >= 4 is 17.7 Å². The smallest absolute Gasteiger partial charge is 0.408 e. The number of rotatable bonds is 8. The molecule has 2 aromatic rings. The van der Waals surface area contributed by atoms with Crippen LogP contribution in [-0.4, -0.2) is 6.09 Å². The molecule has 0 saturated carbocycles. The Balaban J connectivity index is 1.96. The van der Waals surface area contributed by atoms with Gasteiger partial charge < -0.3 is 10.1 Å². The average molecular weight is 358 g/mol. The second kappa shape index (κ2) is 10.6. The van der Waals surface area contributed by atoms with Crippen molar-refractivity contribution in [1.29, 1.82) is 0 Å². The predicted molar refractivity (Wildman–Crippen MR) is 103 cm³/mol. The summed E-state index contributed by atoms with van der Waals surface area (Å²) in [7, 11) is 0. The van der Waals surface area contributed by atoms with Gasteiger partial charge in [-0.2, -0.15) is 0 Å². The highest BCUT2D eigenvalue weighted by Gasteiger charge is 2.13. The molecule has 0 saturated heterocycles. The number of halogens is 1. The molecule has 0 aliphatic rings. The van der Waals surface area contributed by atoms with Gasteiger partial charge in [0, 0.05) is 10.6 Å². The zero-order valence-corrected chi connectivity index (χ0v) is 15.2. The zero-order valence-electron chi connectivity index (χ0n) is 14.5. The van der Waals surface area contributed by atoms with Gasteiger partial charge in [0.15, 0.2) is 0 Å². The minimum atomic E-state index is -0.464. The van der Waals surface area contributed by atoms with Crippen LogP contribution >= 0.6 is 11.6 Å². The van der Waals surface area contributed by atoms with E-state index in [1.807, 2.05) is 54.6 Å². The Labute approximate surface area is 154 Å². The van der Waals surface area contributed by atoms with Gasteiger partial charge in [0.25, 0.3) is 0 Å². The largest absolute Gasteiger partial charge is 0.445 e. The van der Waals surface area contributed by atoms with Crippen molar-refractivity contribution in [3.05, 3.63) is 82.9 Å². The minimum Gasteiger partial charge on any atom is -0.445 e. The van der Waals surface area contributed by atoms with E-state index in [1.54, 1.807) is 6.07 Å². The van der Waals surface area contributed by atoms with E-state index in [0.29, 0.717) is 5.02 Å². The third-order valence-corrected chi connectivity index (χ3v) is 4.17. The molecule has 1 N–H and O–H groups in total. The molecule has 2 aromatic carbocycles.